The molecule has 0 saturated carbocycles. The van der Waals surface area contributed by atoms with Crippen LogP contribution in [0.15, 0.2) is 53.3 Å². The van der Waals surface area contributed by atoms with Crippen molar-refractivity contribution in [3.05, 3.63) is 65.7 Å². The summed E-state index contributed by atoms with van der Waals surface area (Å²) in [5.74, 6) is 0.891. The van der Waals surface area contributed by atoms with E-state index in [1.807, 2.05) is 0 Å². The number of aryl methyl sites for hydroxylation is 1. The smallest absolute Gasteiger partial charge is 0.257 e. The Bertz CT molecular complexity index is 916. The summed E-state index contributed by atoms with van der Waals surface area (Å²) >= 11 is 0. The summed E-state index contributed by atoms with van der Waals surface area (Å²) in [6.45, 7) is 3.28. The first-order chi connectivity index (χ1) is 12.0. The molecule has 2 heterocycles. The zero-order valence-corrected chi connectivity index (χ0v) is 13.7. The van der Waals surface area contributed by atoms with Gasteiger partial charge in [0.1, 0.15) is 5.76 Å². The summed E-state index contributed by atoms with van der Waals surface area (Å²) in [6, 6.07) is 10.1. The third-order valence-electron chi connectivity index (χ3n) is 3.45. The maximum atomic E-state index is 12.4. The lowest BCUT2D eigenvalue weighted by Gasteiger charge is -2.07. The molecular formula is C18H16N4O3. The number of benzene rings is 1. The lowest BCUT2D eigenvalue weighted by atomic mass is 10.1. The van der Waals surface area contributed by atoms with Crippen molar-refractivity contribution in [2.75, 3.05) is 10.6 Å². The number of Topliss-reactive ketones (excluding diaryl/α,β-unsaturated/α-hetero) is 1. The highest BCUT2D eigenvalue weighted by Crippen LogP contribution is 2.17. The standard InChI is InChI=1S/C18H16N4O3/c1-11-7-17(22-25-11)20-16-8-14(9-19-10-16)18(24)21-15-5-3-13(4-6-15)12(2)23/h3-10H,1-2H3,(H,20,22)(H,21,24). The lowest BCUT2D eigenvalue weighted by Crippen LogP contribution is -2.12. The molecule has 0 aliphatic heterocycles. The quantitative estimate of drug-likeness (QED) is 0.691. The van der Waals surface area contributed by atoms with Gasteiger partial charge in [-0.2, -0.15) is 0 Å². The van der Waals surface area contributed by atoms with Crippen molar-refractivity contribution in [2.45, 2.75) is 13.8 Å². The molecule has 0 atom stereocenters. The SMILES string of the molecule is CC(=O)c1ccc(NC(=O)c2cncc(Nc3cc(C)on3)c2)cc1. The van der Waals surface area contributed by atoms with E-state index in [-0.39, 0.29) is 11.7 Å². The fourth-order valence-corrected chi connectivity index (χ4v) is 2.20. The zero-order valence-electron chi connectivity index (χ0n) is 13.7. The molecule has 3 rings (SSSR count). The van der Waals surface area contributed by atoms with Crippen LogP contribution in [0.3, 0.4) is 0 Å². The average Bonchev–Trinajstić information content (AvgIpc) is 3.00. The van der Waals surface area contributed by atoms with Crippen molar-refractivity contribution in [1.29, 1.82) is 0 Å². The summed E-state index contributed by atoms with van der Waals surface area (Å²) in [7, 11) is 0. The van der Waals surface area contributed by atoms with Crippen LogP contribution in [0.1, 0.15) is 33.4 Å². The van der Waals surface area contributed by atoms with Gasteiger partial charge in [0.05, 0.1) is 17.4 Å². The lowest BCUT2D eigenvalue weighted by molar-refractivity contribution is 0.101. The second kappa shape index (κ2) is 6.96. The van der Waals surface area contributed by atoms with E-state index in [9.17, 15) is 9.59 Å². The Morgan fingerprint density at radius 2 is 1.76 bits per heavy atom. The largest absolute Gasteiger partial charge is 0.360 e. The number of nitrogens with one attached hydrogen (secondary N) is 2. The third kappa shape index (κ3) is 4.08. The van der Waals surface area contributed by atoms with Crippen LogP contribution in [-0.4, -0.2) is 21.8 Å². The molecule has 0 fully saturated rings. The minimum Gasteiger partial charge on any atom is -0.360 e. The van der Waals surface area contributed by atoms with Gasteiger partial charge in [-0.05, 0) is 44.2 Å². The maximum absolute atomic E-state index is 12.4. The number of nitrogens with zero attached hydrogens (tertiary/aromatic N) is 2. The van der Waals surface area contributed by atoms with Crippen molar-refractivity contribution in [3.63, 3.8) is 0 Å². The van der Waals surface area contributed by atoms with Crippen LogP contribution >= 0.6 is 0 Å². The number of carbonyl (C=O) groups excluding carboxylic acids is 2. The number of pyridine rings is 1. The fourth-order valence-electron chi connectivity index (χ4n) is 2.20. The van der Waals surface area contributed by atoms with Crippen molar-refractivity contribution < 1.29 is 14.1 Å². The number of hydrogen-bond donors (Lipinski definition) is 2. The molecular weight excluding hydrogens is 320 g/mol. The van der Waals surface area contributed by atoms with Crippen molar-refractivity contribution >= 4 is 28.9 Å². The van der Waals surface area contributed by atoms with Gasteiger partial charge >= 0.3 is 0 Å². The highest BCUT2D eigenvalue weighted by Gasteiger charge is 2.09. The second-order valence-electron chi connectivity index (χ2n) is 5.50. The minimum absolute atomic E-state index is 0.0241. The van der Waals surface area contributed by atoms with Crippen molar-refractivity contribution in [2.24, 2.45) is 0 Å². The first-order valence-corrected chi connectivity index (χ1v) is 7.59. The third-order valence-corrected chi connectivity index (χ3v) is 3.45. The van der Waals surface area contributed by atoms with Crippen LogP contribution in [0.2, 0.25) is 0 Å². The van der Waals surface area contributed by atoms with E-state index in [0.717, 1.165) is 0 Å². The van der Waals surface area contributed by atoms with E-state index in [0.29, 0.717) is 34.1 Å². The van der Waals surface area contributed by atoms with Crippen LogP contribution in [0.4, 0.5) is 17.2 Å². The predicted molar refractivity (Wildman–Crippen MR) is 93.2 cm³/mol. The van der Waals surface area contributed by atoms with Gasteiger partial charge in [0, 0.05) is 23.5 Å². The molecule has 0 unspecified atom stereocenters. The van der Waals surface area contributed by atoms with Crippen molar-refractivity contribution in [1.82, 2.24) is 10.1 Å². The molecule has 2 N–H and O–H groups in total. The van der Waals surface area contributed by atoms with Gasteiger partial charge in [0.15, 0.2) is 11.6 Å². The normalized spacial score (nSPS) is 10.3. The van der Waals surface area contributed by atoms with Crippen LogP contribution in [0, 0.1) is 6.92 Å². The molecule has 126 valence electrons. The molecule has 1 aromatic carbocycles. The number of aromatic nitrogens is 2. The number of ketones is 1. The van der Waals surface area contributed by atoms with E-state index in [2.05, 4.69) is 20.8 Å². The minimum atomic E-state index is -0.303. The summed E-state index contributed by atoms with van der Waals surface area (Å²) in [6.07, 6.45) is 3.06. The van der Waals surface area contributed by atoms with Crippen LogP contribution in [0.25, 0.3) is 0 Å². The molecule has 2 aromatic heterocycles. The van der Waals surface area contributed by atoms with Gasteiger partial charge in [0.25, 0.3) is 5.91 Å². The highest BCUT2D eigenvalue weighted by molar-refractivity contribution is 6.05. The monoisotopic (exact) mass is 336 g/mol. The van der Waals surface area contributed by atoms with Gasteiger partial charge in [-0.15, -0.1) is 0 Å². The Labute approximate surface area is 144 Å². The summed E-state index contributed by atoms with van der Waals surface area (Å²) in [5.41, 5.74) is 2.20. The number of hydrogen-bond acceptors (Lipinski definition) is 6. The Balaban J connectivity index is 1.71. The summed E-state index contributed by atoms with van der Waals surface area (Å²) in [4.78, 5) is 27.7. The molecule has 3 aromatic rings. The van der Waals surface area contributed by atoms with Crippen LogP contribution in [0.5, 0.6) is 0 Å². The predicted octanol–water partition coefficient (Wildman–Crippen LogP) is 3.58. The molecule has 0 bridgehead atoms. The number of carbonyl (C=O) groups is 2. The maximum Gasteiger partial charge on any atom is 0.257 e. The average molecular weight is 336 g/mol. The van der Waals surface area contributed by atoms with Gasteiger partial charge < -0.3 is 15.2 Å². The van der Waals surface area contributed by atoms with E-state index >= 15 is 0 Å². The summed E-state index contributed by atoms with van der Waals surface area (Å²) < 4.78 is 4.98. The highest BCUT2D eigenvalue weighted by atomic mass is 16.5. The van der Waals surface area contributed by atoms with E-state index < -0.39 is 0 Å². The first-order valence-electron chi connectivity index (χ1n) is 7.59. The summed E-state index contributed by atoms with van der Waals surface area (Å²) in [5, 5.41) is 9.62. The molecule has 0 aliphatic carbocycles. The van der Waals surface area contributed by atoms with E-state index in [1.54, 1.807) is 49.5 Å². The molecule has 0 radical (unpaired) electrons. The molecule has 0 spiro atoms. The van der Waals surface area contributed by atoms with Gasteiger partial charge in [-0.1, -0.05) is 5.16 Å². The van der Waals surface area contributed by atoms with E-state index in [4.69, 9.17) is 4.52 Å². The van der Waals surface area contributed by atoms with Gasteiger partial charge in [-0.25, -0.2) is 0 Å². The van der Waals surface area contributed by atoms with E-state index in [1.165, 1.54) is 13.1 Å². The Hall–Kier alpha value is -3.48. The molecule has 7 nitrogen and oxygen atoms in total. The topological polar surface area (TPSA) is 97.1 Å². The number of rotatable bonds is 5. The number of anilines is 3. The van der Waals surface area contributed by atoms with Crippen LogP contribution < -0.4 is 10.6 Å². The molecule has 0 saturated heterocycles. The fraction of sp³-hybridized carbons (Fsp3) is 0.111. The molecule has 7 heteroatoms. The Morgan fingerprint density at radius 3 is 2.40 bits per heavy atom. The molecule has 0 aliphatic rings. The van der Waals surface area contributed by atoms with Crippen molar-refractivity contribution in [3.8, 4) is 0 Å². The molecule has 1 amide bonds. The van der Waals surface area contributed by atoms with Gasteiger partial charge in [-0.3, -0.25) is 14.6 Å². The number of amides is 1. The zero-order chi connectivity index (χ0) is 17.8. The Kier molecular flexibility index (Phi) is 4.56. The second-order valence-corrected chi connectivity index (χ2v) is 5.50. The molecule has 25 heavy (non-hydrogen) atoms. The van der Waals surface area contributed by atoms with Gasteiger partial charge in [0.2, 0.25) is 0 Å². The Morgan fingerprint density at radius 1 is 1.00 bits per heavy atom. The first kappa shape index (κ1) is 16.4. The van der Waals surface area contributed by atoms with Crippen LogP contribution in [-0.2, 0) is 0 Å².